The molecule has 1 fully saturated rings. The molecule has 8 heteroatoms. The minimum atomic E-state index is -0.204. The van der Waals surface area contributed by atoms with Gasteiger partial charge in [0.2, 0.25) is 0 Å². The minimum Gasteiger partial charge on any atom is -0.381 e. The normalized spacial score (nSPS) is 16.2. The van der Waals surface area contributed by atoms with Gasteiger partial charge in [-0.3, -0.25) is 4.99 Å². The Hall–Kier alpha value is -1.26. The molecule has 0 atom stereocenters. The van der Waals surface area contributed by atoms with Crippen molar-refractivity contribution in [2.75, 3.05) is 33.4 Å². The van der Waals surface area contributed by atoms with Crippen molar-refractivity contribution in [1.82, 2.24) is 15.6 Å². The van der Waals surface area contributed by atoms with E-state index < -0.39 is 0 Å². The zero-order valence-electron chi connectivity index (χ0n) is 17.0. The molecule has 160 valence electrons. The molecule has 2 N–H and O–H groups in total. The second-order valence-electron chi connectivity index (χ2n) is 7.08. The fourth-order valence-corrected chi connectivity index (χ4v) is 4.38. The topological polar surface area (TPSA) is 58.5 Å². The Bertz CT molecular complexity index is 775. The van der Waals surface area contributed by atoms with Gasteiger partial charge in [-0.25, -0.2) is 9.37 Å². The number of ether oxygens (including phenoxy) is 1. The number of nitrogens with one attached hydrogen (secondary N) is 2. The Balaban J connectivity index is 0.00000300. The molecular formula is C21H30FIN4OS. The Morgan fingerprint density at radius 3 is 2.59 bits per heavy atom. The number of guanidine groups is 1. The molecule has 1 aromatic heterocycles. The fourth-order valence-electron chi connectivity index (χ4n) is 3.52. The first kappa shape index (κ1) is 24.0. The van der Waals surface area contributed by atoms with E-state index in [2.05, 4.69) is 27.5 Å². The average molecular weight is 532 g/mol. The number of aromatic nitrogens is 1. The van der Waals surface area contributed by atoms with Crippen molar-refractivity contribution in [2.24, 2.45) is 4.99 Å². The second-order valence-corrected chi connectivity index (χ2v) is 8.28. The van der Waals surface area contributed by atoms with Crippen LogP contribution in [-0.2, 0) is 23.0 Å². The van der Waals surface area contributed by atoms with Crippen molar-refractivity contribution in [1.29, 1.82) is 0 Å². The van der Waals surface area contributed by atoms with Gasteiger partial charge >= 0.3 is 0 Å². The molecule has 29 heavy (non-hydrogen) atoms. The summed E-state index contributed by atoms with van der Waals surface area (Å²) in [5.41, 5.74) is 1.07. The molecule has 1 aliphatic rings. The number of hydrogen-bond donors (Lipinski definition) is 2. The minimum absolute atomic E-state index is 0. The van der Waals surface area contributed by atoms with Crippen LogP contribution in [-0.4, -0.2) is 44.3 Å². The van der Waals surface area contributed by atoms with E-state index in [0.29, 0.717) is 0 Å². The van der Waals surface area contributed by atoms with E-state index in [-0.39, 0.29) is 35.2 Å². The molecule has 2 aromatic rings. The van der Waals surface area contributed by atoms with Gasteiger partial charge in [-0.15, -0.1) is 35.3 Å². The number of hydrogen-bond acceptors (Lipinski definition) is 4. The van der Waals surface area contributed by atoms with Crippen LogP contribution in [0.15, 0.2) is 35.5 Å². The number of rotatable bonds is 7. The fraction of sp³-hybridized carbons (Fsp3) is 0.524. The number of aryl methyl sites for hydroxylation is 1. The maximum atomic E-state index is 13.4. The molecule has 0 spiro atoms. The first-order valence-electron chi connectivity index (χ1n) is 9.87. The highest BCUT2D eigenvalue weighted by molar-refractivity contribution is 14.0. The summed E-state index contributed by atoms with van der Waals surface area (Å²) in [6.45, 7) is 5.10. The number of benzene rings is 1. The van der Waals surface area contributed by atoms with Crippen LogP contribution in [0, 0.1) is 5.82 Å². The maximum absolute atomic E-state index is 13.4. The number of halogens is 2. The van der Waals surface area contributed by atoms with Crippen LogP contribution in [0.2, 0.25) is 0 Å². The zero-order chi connectivity index (χ0) is 19.8. The van der Waals surface area contributed by atoms with E-state index in [1.54, 1.807) is 18.4 Å². The van der Waals surface area contributed by atoms with Crippen LogP contribution in [0.4, 0.5) is 4.39 Å². The molecule has 0 saturated carbocycles. The van der Waals surface area contributed by atoms with Crippen molar-refractivity contribution in [3.05, 3.63) is 51.7 Å². The van der Waals surface area contributed by atoms with Crippen molar-refractivity contribution in [3.63, 3.8) is 0 Å². The van der Waals surface area contributed by atoms with Crippen LogP contribution < -0.4 is 10.6 Å². The summed E-state index contributed by atoms with van der Waals surface area (Å²) in [6, 6.07) is 6.87. The summed E-state index contributed by atoms with van der Waals surface area (Å²) in [7, 11) is 1.78. The molecule has 1 saturated heterocycles. The highest BCUT2D eigenvalue weighted by Crippen LogP contribution is 2.34. The highest BCUT2D eigenvalue weighted by Gasteiger charge is 2.34. The lowest BCUT2D eigenvalue weighted by atomic mass is 9.74. The van der Waals surface area contributed by atoms with Gasteiger partial charge < -0.3 is 15.4 Å². The average Bonchev–Trinajstić information content (AvgIpc) is 3.19. The van der Waals surface area contributed by atoms with E-state index >= 15 is 0 Å². The van der Waals surface area contributed by atoms with Gasteiger partial charge in [0.15, 0.2) is 5.96 Å². The molecule has 2 heterocycles. The van der Waals surface area contributed by atoms with Crippen molar-refractivity contribution >= 4 is 41.3 Å². The van der Waals surface area contributed by atoms with E-state index in [4.69, 9.17) is 4.74 Å². The largest absolute Gasteiger partial charge is 0.381 e. The van der Waals surface area contributed by atoms with Gasteiger partial charge in [0.25, 0.3) is 0 Å². The Morgan fingerprint density at radius 1 is 1.24 bits per heavy atom. The molecule has 1 aromatic carbocycles. The summed E-state index contributed by atoms with van der Waals surface area (Å²) in [5.74, 6) is 0.574. The third-order valence-electron chi connectivity index (χ3n) is 5.31. The molecule has 0 aliphatic carbocycles. The van der Waals surface area contributed by atoms with Crippen LogP contribution in [0.1, 0.15) is 35.2 Å². The van der Waals surface area contributed by atoms with Crippen molar-refractivity contribution in [2.45, 2.75) is 38.0 Å². The predicted octanol–water partition coefficient (Wildman–Crippen LogP) is 3.92. The van der Waals surface area contributed by atoms with Gasteiger partial charge in [0.1, 0.15) is 5.82 Å². The Kier molecular flexibility index (Phi) is 9.78. The summed E-state index contributed by atoms with van der Waals surface area (Å²) in [4.78, 5) is 10.1. The third-order valence-corrected chi connectivity index (χ3v) is 6.51. The second kappa shape index (κ2) is 11.8. The molecule has 3 rings (SSSR count). The quantitative estimate of drug-likeness (QED) is 0.323. The lowest BCUT2D eigenvalue weighted by molar-refractivity contribution is 0.0513. The molecule has 5 nitrogen and oxygen atoms in total. The standard InChI is InChI=1S/C21H29FN4OS.HI/c1-3-18-14-25-19(28-18)8-11-24-20(23-2)26-15-21(9-12-27-13-10-21)16-4-6-17(22)7-5-16;/h4-7,14H,3,8-13,15H2,1-2H3,(H2,23,24,26);1H. The van der Waals surface area contributed by atoms with Gasteiger partial charge in [0, 0.05) is 56.3 Å². The Labute approximate surface area is 193 Å². The number of thiazole rings is 1. The molecule has 0 bridgehead atoms. The summed E-state index contributed by atoms with van der Waals surface area (Å²) >= 11 is 1.77. The summed E-state index contributed by atoms with van der Waals surface area (Å²) < 4.78 is 19.0. The molecular weight excluding hydrogens is 502 g/mol. The maximum Gasteiger partial charge on any atom is 0.191 e. The number of nitrogens with zero attached hydrogens (tertiary/aromatic N) is 2. The molecule has 0 unspecified atom stereocenters. The number of aliphatic imine (C=N–C) groups is 1. The van der Waals surface area contributed by atoms with Gasteiger partial charge in [-0.05, 0) is 37.0 Å². The SMILES string of the molecule is CCc1cnc(CCNC(=NC)NCC2(c3ccc(F)cc3)CCOCC2)s1.I. The first-order valence-corrected chi connectivity index (χ1v) is 10.7. The van der Waals surface area contributed by atoms with Gasteiger partial charge in [-0.1, -0.05) is 19.1 Å². The van der Waals surface area contributed by atoms with E-state index in [0.717, 1.165) is 68.5 Å². The van der Waals surface area contributed by atoms with Crippen molar-refractivity contribution < 1.29 is 9.13 Å². The van der Waals surface area contributed by atoms with Crippen LogP contribution in [0.25, 0.3) is 0 Å². The monoisotopic (exact) mass is 532 g/mol. The lowest BCUT2D eigenvalue weighted by Crippen LogP contribution is -2.48. The van der Waals surface area contributed by atoms with Crippen molar-refractivity contribution in [3.8, 4) is 0 Å². The van der Waals surface area contributed by atoms with Crippen LogP contribution in [0.5, 0.6) is 0 Å². The molecule has 1 aliphatic heterocycles. The Morgan fingerprint density at radius 2 is 1.97 bits per heavy atom. The smallest absolute Gasteiger partial charge is 0.191 e. The predicted molar refractivity (Wildman–Crippen MR) is 128 cm³/mol. The van der Waals surface area contributed by atoms with Crippen LogP contribution in [0.3, 0.4) is 0 Å². The van der Waals surface area contributed by atoms with E-state index in [1.807, 2.05) is 18.3 Å². The molecule has 0 radical (unpaired) electrons. The van der Waals surface area contributed by atoms with Gasteiger partial charge in [-0.2, -0.15) is 0 Å². The van der Waals surface area contributed by atoms with E-state index in [9.17, 15) is 4.39 Å². The summed E-state index contributed by atoms with van der Waals surface area (Å²) in [5, 5.41) is 7.99. The van der Waals surface area contributed by atoms with E-state index in [1.165, 1.54) is 17.0 Å². The lowest BCUT2D eigenvalue weighted by Gasteiger charge is -2.38. The third kappa shape index (κ3) is 6.62. The zero-order valence-corrected chi connectivity index (χ0v) is 20.2. The highest BCUT2D eigenvalue weighted by atomic mass is 127. The molecule has 0 amide bonds. The summed E-state index contributed by atoms with van der Waals surface area (Å²) in [6.07, 6.45) is 5.68. The first-order chi connectivity index (χ1) is 13.6. The van der Waals surface area contributed by atoms with Gasteiger partial charge in [0.05, 0.1) is 5.01 Å². The van der Waals surface area contributed by atoms with Crippen LogP contribution >= 0.6 is 35.3 Å².